The van der Waals surface area contributed by atoms with E-state index in [0.717, 1.165) is 48.6 Å². The Balaban J connectivity index is 1.47. The second kappa shape index (κ2) is 7.66. The first-order chi connectivity index (χ1) is 13.5. The van der Waals surface area contributed by atoms with Crippen LogP contribution in [0.15, 0.2) is 47.5 Å². The second-order valence-corrected chi connectivity index (χ2v) is 7.34. The lowest BCUT2D eigenvalue weighted by atomic mass is 9.95. The lowest BCUT2D eigenvalue weighted by molar-refractivity contribution is 0.145. The van der Waals surface area contributed by atoms with Crippen molar-refractivity contribution in [3.05, 3.63) is 64.5 Å². The predicted octanol–water partition coefficient (Wildman–Crippen LogP) is 3.95. The monoisotopic (exact) mass is 384 g/mol. The molecule has 28 heavy (non-hydrogen) atoms. The van der Waals surface area contributed by atoms with Crippen molar-refractivity contribution in [3.8, 4) is 0 Å². The number of halogens is 2. The summed E-state index contributed by atoms with van der Waals surface area (Å²) in [5.41, 5.74) is 2.31. The highest BCUT2D eigenvalue weighted by Gasteiger charge is 2.22. The van der Waals surface area contributed by atoms with Gasteiger partial charge >= 0.3 is 0 Å². The summed E-state index contributed by atoms with van der Waals surface area (Å²) in [6.45, 7) is 4.29. The molecule has 0 radical (unpaired) electrons. The molecule has 1 aliphatic heterocycles. The highest BCUT2D eigenvalue weighted by molar-refractivity contribution is 5.92. The van der Waals surface area contributed by atoms with Gasteiger partial charge in [0.25, 0.3) is 12.0 Å². The second-order valence-electron chi connectivity index (χ2n) is 7.34. The summed E-state index contributed by atoms with van der Waals surface area (Å²) in [4.78, 5) is 22.7. The molecule has 0 aliphatic carbocycles. The molecule has 146 valence electrons. The SMILES string of the molecule is Cc1cc(N2CCC(Cn3cnc(C(F)F)cc3=O)CC2)c2ccccc2n1. The van der Waals surface area contributed by atoms with Gasteiger partial charge in [0, 0.05) is 42.5 Å². The maximum Gasteiger partial charge on any atom is 0.280 e. The minimum Gasteiger partial charge on any atom is -0.371 e. The third-order valence-electron chi connectivity index (χ3n) is 5.36. The normalized spacial score (nSPS) is 15.5. The Labute approximate surface area is 161 Å². The number of benzene rings is 1. The molecule has 0 amide bonds. The van der Waals surface area contributed by atoms with Gasteiger partial charge in [-0.2, -0.15) is 0 Å². The fraction of sp³-hybridized carbons (Fsp3) is 0.381. The van der Waals surface area contributed by atoms with Gasteiger partial charge in [-0.25, -0.2) is 13.8 Å². The quantitative estimate of drug-likeness (QED) is 0.683. The van der Waals surface area contributed by atoms with Crippen LogP contribution in [-0.2, 0) is 6.54 Å². The molecule has 0 atom stereocenters. The Morgan fingerprint density at radius 3 is 2.64 bits per heavy atom. The van der Waals surface area contributed by atoms with E-state index in [0.29, 0.717) is 12.5 Å². The molecule has 1 fully saturated rings. The van der Waals surface area contributed by atoms with Crippen LogP contribution in [0.1, 0.15) is 30.7 Å². The van der Waals surface area contributed by atoms with Crippen molar-refractivity contribution >= 4 is 16.6 Å². The molecule has 3 aromatic rings. The van der Waals surface area contributed by atoms with Crippen molar-refractivity contribution in [2.24, 2.45) is 5.92 Å². The van der Waals surface area contributed by atoms with Crippen LogP contribution in [0.4, 0.5) is 14.5 Å². The van der Waals surface area contributed by atoms with Gasteiger partial charge in [-0.15, -0.1) is 0 Å². The van der Waals surface area contributed by atoms with Crippen LogP contribution in [-0.4, -0.2) is 27.6 Å². The van der Waals surface area contributed by atoms with Gasteiger partial charge in [-0.05, 0) is 37.8 Å². The summed E-state index contributed by atoms with van der Waals surface area (Å²) in [6, 6.07) is 11.2. The first-order valence-electron chi connectivity index (χ1n) is 9.47. The molecule has 0 saturated carbocycles. The lowest BCUT2D eigenvalue weighted by Gasteiger charge is -2.34. The zero-order valence-electron chi connectivity index (χ0n) is 15.7. The Morgan fingerprint density at radius 1 is 1.18 bits per heavy atom. The average Bonchev–Trinajstić information content (AvgIpc) is 2.69. The summed E-state index contributed by atoms with van der Waals surface area (Å²) >= 11 is 0. The van der Waals surface area contributed by atoms with Crippen molar-refractivity contribution in [2.75, 3.05) is 18.0 Å². The van der Waals surface area contributed by atoms with Crippen molar-refractivity contribution in [1.29, 1.82) is 0 Å². The molecule has 0 bridgehead atoms. The molecule has 1 saturated heterocycles. The predicted molar refractivity (Wildman–Crippen MR) is 105 cm³/mol. The number of alkyl halides is 2. The zero-order chi connectivity index (χ0) is 19.7. The minimum atomic E-state index is -2.72. The molecule has 7 heteroatoms. The van der Waals surface area contributed by atoms with E-state index in [-0.39, 0.29) is 0 Å². The van der Waals surface area contributed by atoms with E-state index in [1.165, 1.54) is 16.6 Å². The smallest absolute Gasteiger partial charge is 0.280 e. The fourth-order valence-corrected chi connectivity index (χ4v) is 3.88. The van der Waals surface area contributed by atoms with Crippen molar-refractivity contribution in [3.63, 3.8) is 0 Å². The Morgan fingerprint density at radius 2 is 1.93 bits per heavy atom. The van der Waals surface area contributed by atoms with Crippen LogP contribution in [0, 0.1) is 12.8 Å². The van der Waals surface area contributed by atoms with Gasteiger partial charge in [0.1, 0.15) is 5.69 Å². The molecule has 1 aliphatic rings. The Kier molecular flexibility index (Phi) is 5.07. The van der Waals surface area contributed by atoms with Gasteiger partial charge in [0.2, 0.25) is 0 Å². The number of hydrogen-bond donors (Lipinski definition) is 0. The number of para-hydroxylation sites is 1. The summed E-state index contributed by atoms with van der Waals surface area (Å²) in [5.74, 6) is 0.322. The van der Waals surface area contributed by atoms with Gasteiger partial charge in [0.15, 0.2) is 0 Å². The standard InChI is InChI=1S/C21H22F2N4O/c1-14-10-19(16-4-2-3-5-17(16)25-14)26-8-6-15(7-9-26)12-27-13-24-18(21(22)23)11-20(27)28/h2-5,10-11,13,15,21H,6-9,12H2,1H3. The summed E-state index contributed by atoms with van der Waals surface area (Å²) in [6.07, 6.45) is 0.386. The molecule has 0 unspecified atom stereocenters. The lowest BCUT2D eigenvalue weighted by Crippen LogP contribution is -2.36. The number of aryl methyl sites for hydroxylation is 1. The summed E-state index contributed by atoms with van der Waals surface area (Å²) in [5, 5.41) is 1.15. The van der Waals surface area contributed by atoms with Crippen molar-refractivity contribution < 1.29 is 8.78 Å². The number of piperidine rings is 1. The molecule has 4 rings (SSSR count). The van der Waals surface area contributed by atoms with Crippen LogP contribution in [0.5, 0.6) is 0 Å². The Bertz CT molecular complexity index is 1040. The molecule has 3 heterocycles. The third-order valence-corrected chi connectivity index (χ3v) is 5.36. The molecular weight excluding hydrogens is 362 g/mol. The van der Waals surface area contributed by atoms with E-state index < -0.39 is 17.7 Å². The van der Waals surface area contributed by atoms with E-state index in [1.54, 1.807) is 0 Å². The fourth-order valence-electron chi connectivity index (χ4n) is 3.88. The molecule has 0 spiro atoms. The van der Waals surface area contributed by atoms with E-state index in [9.17, 15) is 13.6 Å². The van der Waals surface area contributed by atoms with E-state index in [4.69, 9.17) is 0 Å². The van der Waals surface area contributed by atoms with Crippen LogP contribution in [0.3, 0.4) is 0 Å². The van der Waals surface area contributed by atoms with E-state index in [2.05, 4.69) is 27.0 Å². The van der Waals surface area contributed by atoms with Gasteiger partial charge < -0.3 is 4.90 Å². The largest absolute Gasteiger partial charge is 0.371 e. The number of fused-ring (bicyclic) bond motifs is 1. The van der Waals surface area contributed by atoms with Crippen molar-refractivity contribution in [1.82, 2.24) is 14.5 Å². The molecule has 2 aromatic heterocycles. The highest BCUT2D eigenvalue weighted by atomic mass is 19.3. The van der Waals surface area contributed by atoms with Crippen LogP contribution < -0.4 is 10.5 Å². The van der Waals surface area contributed by atoms with Crippen LogP contribution in [0.25, 0.3) is 10.9 Å². The average molecular weight is 384 g/mol. The van der Waals surface area contributed by atoms with Gasteiger partial charge in [0.05, 0.1) is 11.8 Å². The number of hydrogen-bond acceptors (Lipinski definition) is 4. The van der Waals surface area contributed by atoms with Gasteiger partial charge in [-0.3, -0.25) is 14.3 Å². The molecule has 5 nitrogen and oxygen atoms in total. The third kappa shape index (κ3) is 3.74. The highest BCUT2D eigenvalue weighted by Crippen LogP contribution is 2.30. The Hall–Kier alpha value is -2.83. The first-order valence-corrected chi connectivity index (χ1v) is 9.47. The maximum atomic E-state index is 12.7. The molecule has 0 N–H and O–H groups in total. The van der Waals surface area contributed by atoms with Crippen LogP contribution in [0.2, 0.25) is 0 Å². The topological polar surface area (TPSA) is 51.0 Å². The van der Waals surface area contributed by atoms with Crippen molar-refractivity contribution in [2.45, 2.75) is 32.7 Å². The van der Waals surface area contributed by atoms with Gasteiger partial charge in [-0.1, -0.05) is 18.2 Å². The summed E-state index contributed by atoms with van der Waals surface area (Å²) < 4.78 is 26.8. The minimum absolute atomic E-state index is 0.322. The molecular formula is C21H22F2N4O. The van der Waals surface area contributed by atoms with Crippen LogP contribution >= 0.6 is 0 Å². The maximum absolute atomic E-state index is 12.7. The number of rotatable bonds is 4. The van der Waals surface area contributed by atoms with E-state index in [1.807, 2.05) is 25.1 Å². The number of nitrogens with zero attached hydrogens (tertiary/aromatic N) is 4. The first kappa shape index (κ1) is 18.5. The summed E-state index contributed by atoms with van der Waals surface area (Å²) in [7, 11) is 0. The molecule has 1 aromatic carbocycles. The number of pyridine rings is 1. The zero-order valence-corrected chi connectivity index (χ0v) is 15.7. The number of anilines is 1. The van der Waals surface area contributed by atoms with E-state index >= 15 is 0 Å². The number of aromatic nitrogens is 3.